The number of aliphatic hydroxyl groups is 1. The van der Waals surface area contributed by atoms with Crippen LogP contribution in [0.4, 0.5) is 0 Å². The average Bonchev–Trinajstić information content (AvgIpc) is 2.44. The number of rotatable bonds is 8. The third-order valence-corrected chi connectivity index (χ3v) is 3.36. The Bertz CT molecular complexity index is 393. The number of aliphatic hydroxyl groups excluding tert-OH is 1. The molecule has 0 fully saturated rings. The summed E-state index contributed by atoms with van der Waals surface area (Å²) in [6.45, 7) is 4.28. The number of benzene rings is 1. The Morgan fingerprint density at radius 3 is 2.55 bits per heavy atom. The van der Waals surface area contributed by atoms with Crippen molar-refractivity contribution < 1.29 is 9.90 Å². The molecule has 0 aliphatic heterocycles. The molecular weight excluding hydrogens is 252 g/mol. The molecule has 3 unspecified atom stereocenters. The molecule has 4 nitrogen and oxygen atoms in total. The lowest BCUT2D eigenvalue weighted by Gasteiger charge is -2.21. The molecule has 0 spiro atoms. The van der Waals surface area contributed by atoms with Crippen LogP contribution in [0, 0.1) is 0 Å². The lowest BCUT2D eigenvalue weighted by atomic mass is 9.93. The zero-order chi connectivity index (χ0) is 15.0. The van der Waals surface area contributed by atoms with Crippen LogP contribution in [0.25, 0.3) is 0 Å². The first-order valence-corrected chi connectivity index (χ1v) is 7.30. The average molecular weight is 278 g/mol. The van der Waals surface area contributed by atoms with Crippen molar-refractivity contribution in [1.82, 2.24) is 5.32 Å². The first kappa shape index (κ1) is 16.7. The SMILES string of the molecule is CCCC(N)C(=O)NCC(CC(C)O)c1ccccc1. The summed E-state index contributed by atoms with van der Waals surface area (Å²) in [4.78, 5) is 11.9. The van der Waals surface area contributed by atoms with Crippen LogP contribution < -0.4 is 11.1 Å². The summed E-state index contributed by atoms with van der Waals surface area (Å²) in [5.74, 6) is -0.00708. The Hall–Kier alpha value is -1.39. The van der Waals surface area contributed by atoms with Crippen molar-refractivity contribution in [3.05, 3.63) is 35.9 Å². The van der Waals surface area contributed by atoms with Crippen LogP contribution in [-0.4, -0.2) is 29.7 Å². The summed E-state index contributed by atoms with van der Waals surface area (Å²) in [7, 11) is 0. The number of hydrogen-bond acceptors (Lipinski definition) is 3. The van der Waals surface area contributed by atoms with E-state index >= 15 is 0 Å². The van der Waals surface area contributed by atoms with Gasteiger partial charge >= 0.3 is 0 Å². The highest BCUT2D eigenvalue weighted by Crippen LogP contribution is 2.20. The maximum Gasteiger partial charge on any atom is 0.236 e. The number of amides is 1. The highest BCUT2D eigenvalue weighted by molar-refractivity contribution is 5.81. The highest BCUT2D eigenvalue weighted by Gasteiger charge is 2.17. The number of carbonyl (C=O) groups is 1. The van der Waals surface area contributed by atoms with Gasteiger partial charge in [0.15, 0.2) is 0 Å². The molecule has 3 atom stereocenters. The molecule has 1 amide bonds. The molecule has 0 aliphatic rings. The zero-order valence-corrected chi connectivity index (χ0v) is 12.4. The van der Waals surface area contributed by atoms with Gasteiger partial charge in [-0.3, -0.25) is 4.79 Å². The van der Waals surface area contributed by atoms with Crippen LogP contribution in [0.1, 0.15) is 44.6 Å². The Labute approximate surface area is 121 Å². The van der Waals surface area contributed by atoms with Crippen molar-refractivity contribution in [3.8, 4) is 0 Å². The van der Waals surface area contributed by atoms with Crippen molar-refractivity contribution in [1.29, 1.82) is 0 Å². The normalized spacial score (nSPS) is 15.4. The smallest absolute Gasteiger partial charge is 0.236 e. The van der Waals surface area contributed by atoms with Gasteiger partial charge in [-0.05, 0) is 25.3 Å². The highest BCUT2D eigenvalue weighted by atomic mass is 16.3. The molecule has 112 valence electrons. The standard InChI is InChI=1S/C16H26N2O2/c1-3-7-15(17)16(20)18-11-14(10-12(2)19)13-8-5-4-6-9-13/h4-6,8-9,12,14-15,19H,3,7,10-11,17H2,1-2H3,(H,18,20). The van der Waals surface area contributed by atoms with Crippen molar-refractivity contribution >= 4 is 5.91 Å². The first-order valence-electron chi connectivity index (χ1n) is 7.30. The minimum absolute atomic E-state index is 0.106. The molecule has 1 aromatic carbocycles. The maximum absolute atomic E-state index is 11.9. The fourth-order valence-corrected chi connectivity index (χ4v) is 2.27. The quantitative estimate of drug-likeness (QED) is 0.678. The Balaban J connectivity index is 2.60. The minimum Gasteiger partial charge on any atom is -0.393 e. The molecule has 0 aliphatic carbocycles. The van der Waals surface area contributed by atoms with Crippen LogP contribution in [-0.2, 0) is 4.79 Å². The van der Waals surface area contributed by atoms with E-state index in [0.29, 0.717) is 19.4 Å². The minimum atomic E-state index is -0.442. The third-order valence-electron chi connectivity index (χ3n) is 3.36. The van der Waals surface area contributed by atoms with Gasteiger partial charge in [0.25, 0.3) is 0 Å². The molecule has 20 heavy (non-hydrogen) atoms. The number of carbonyl (C=O) groups excluding carboxylic acids is 1. The molecule has 0 saturated heterocycles. The number of nitrogens with one attached hydrogen (secondary N) is 1. The van der Waals surface area contributed by atoms with Gasteiger partial charge in [0.1, 0.15) is 0 Å². The molecule has 0 heterocycles. The lowest BCUT2D eigenvalue weighted by Crippen LogP contribution is -2.42. The van der Waals surface area contributed by atoms with Crippen molar-refractivity contribution in [3.63, 3.8) is 0 Å². The zero-order valence-electron chi connectivity index (χ0n) is 12.4. The second kappa shape index (κ2) is 8.72. The maximum atomic E-state index is 11.9. The van der Waals surface area contributed by atoms with Gasteiger partial charge in [0, 0.05) is 12.5 Å². The van der Waals surface area contributed by atoms with Gasteiger partial charge in [-0.15, -0.1) is 0 Å². The summed E-state index contributed by atoms with van der Waals surface area (Å²) in [6, 6.07) is 9.49. The number of nitrogens with two attached hydrogens (primary N) is 1. The fraction of sp³-hybridized carbons (Fsp3) is 0.562. The summed E-state index contributed by atoms with van der Waals surface area (Å²) < 4.78 is 0. The van der Waals surface area contributed by atoms with E-state index in [1.165, 1.54) is 0 Å². The molecule has 4 heteroatoms. The van der Waals surface area contributed by atoms with E-state index in [-0.39, 0.29) is 11.8 Å². The van der Waals surface area contributed by atoms with E-state index in [4.69, 9.17) is 5.73 Å². The van der Waals surface area contributed by atoms with Crippen LogP contribution in [0.15, 0.2) is 30.3 Å². The second-order valence-corrected chi connectivity index (χ2v) is 5.33. The molecule has 0 aromatic heterocycles. The van der Waals surface area contributed by atoms with Gasteiger partial charge in [0.05, 0.1) is 12.1 Å². The Morgan fingerprint density at radius 2 is 2.00 bits per heavy atom. The van der Waals surface area contributed by atoms with Gasteiger partial charge in [-0.25, -0.2) is 0 Å². The van der Waals surface area contributed by atoms with Gasteiger partial charge in [-0.2, -0.15) is 0 Å². The summed E-state index contributed by atoms with van der Waals surface area (Å²) in [6.07, 6.45) is 1.80. The summed E-state index contributed by atoms with van der Waals surface area (Å²) in [5.41, 5.74) is 6.92. The second-order valence-electron chi connectivity index (χ2n) is 5.33. The fourth-order valence-electron chi connectivity index (χ4n) is 2.27. The molecular formula is C16H26N2O2. The lowest BCUT2D eigenvalue weighted by molar-refractivity contribution is -0.122. The Morgan fingerprint density at radius 1 is 1.35 bits per heavy atom. The van der Waals surface area contributed by atoms with Crippen LogP contribution >= 0.6 is 0 Å². The van der Waals surface area contributed by atoms with Gasteiger partial charge < -0.3 is 16.2 Å². The van der Waals surface area contributed by atoms with E-state index in [2.05, 4.69) is 5.32 Å². The van der Waals surface area contributed by atoms with Crippen LogP contribution in [0.2, 0.25) is 0 Å². The molecule has 0 saturated carbocycles. The summed E-state index contributed by atoms with van der Waals surface area (Å²) >= 11 is 0. The molecule has 0 bridgehead atoms. The third kappa shape index (κ3) is 5.72. The first-order chi connectivity index (χ1) is 9.54. The van der Waals surface area contributed by atoms with Crippen molar-refractivity contribution in [2.24, 2.45) is 5.73 Å². The van der Waals surface area contributed by atoms with E-state index < -0.39 is 12.1 Å². The van der Waals surface area contributed by atoms with Gasteiger partial charge in [0.2, 0.25) is 5.91 Å². The van der Waals surface area contributed by atoms with Gasteiger partial charge in [-0.1, -0.05) is 43.7 Å². The Kier molecular flexibility index (Phi) is 7.26. The molecule has 0 radical (unpaired) electrons. The molecule has 4 N–H and O–H groups in total. The van der Waals surface area contributed by atoms with E-state index in [9.17, 15) is 9.90 Å². The monoisotopic (exact) mass is 278 g/mol. The van der Waals surface area contributed by atoms with E-state index in [0.717, 1.165) is 12.0 Å². The van der Waals surface area contributed by atoms with E-state index in [1.54, 1.807) is 6.92 Å². The van der Waals surface area contributed by atoms with Crippen LogP contribution in [0.5, 0.6) is 0 Å². The largest absolute Gasteiger partial charge is 0.393 e. The number of hydrogen-bond donors (Lipinski definition) is 3. The summed E-state index contributed by atoms with van der Waals surface area (Å²) in [5, 5.41) is 12.5. The van der Waals surface area contributed by atoms with Crippen molar-refractivity contribution in [2.75, 3.05) is 6.54 Å². The van der Waals surface area contributed by atoms with E-state index in [1.807, 2.05) is 37.3 Å². The topological polar surface area (TPSA) is 75.4 Å². The van der Waals surface area contributed by atoms with Crippen molar-refractivity contribution in [2.45, 2.75) is 51.2 Å². The molecule has 1 aromatic rings. The predicted octanol–water partition coefficient (Wildman–Crippen LogP) is 1.78. The van der Waals surface area contributed by atoms with Crippen LogP contribution in [0.3, 0.4) is 0 Å². The predicted molar refractivity (Wildman–Crippen MR) is 81.4 cm³/mol. The molecule has 1 rings (SSSR count).